The van der Waals surface area contributed by atoms with E-state index < -0.39 is 41.3 Å². The van der Waals surface area contributed by atoms with E-state index in [1.165, 1.54) is 42.0 Å². The monoisotopic (exact) mass is 490 g/mol. The summed E-state index contributed by atoms with van der Waals surface area (Å²) < 4.78 is 60.3. The summed E-state index contributed by atoms with van der Waals surface area (Å²) in [7, 11) is 1.41. The van der Waals surface area contributed by atoms with Crippen molar-refractivity contribution in [1.82, 2.24) is 5.32 Å². The number of rotatable bonds is 6. The van der Waals surface area contributed by atoms with Crippen LogP contribution in [0.5, 0.6) is 5.75 Å². The average molecular weight is 490 g/mol. The van der Waals surface area contributed by atoms with Crippen LogP contribution in [0.25, 0.3) is 0 Å². The zero-order valence-corrected chi connectivity index (χ0v) is 18.6. The molecule has 34 heavy (non-hydrogen) atoms. The van der Waals surface area contributed by atoms with Crippen molar-refractivity contribution in [2.24, 2.45) is 0 Å². The first-order valence-electron chi connectivity index (χ1n) is 10.1. The van der Waals surface area contributed by atoms with E-state index in [0.29, 0.717) is 28.5 Å². The first-order chi connectivity index (χ1) is 16.3. The molecule has 5 nitrogen and oxygen atoms in total. The third-order valence-corrected chi connectivity index (χ3v) is 6.34. The Bertz CT molecular complexity index is 1260. The molecule has 1 aliphatic heterocycles. The number of halogens is 4. The molecule has 0 unspecified atom stereocenters. The molecule has 1 aliphatic rings. The molecule has 1 heterocycles. The highest BCUT2D eigenvalue weighted by Crippen LogP contribution is 2.38. The Hall–Kier alpha value is -3.53. The lowest BCUT2D eigenvalue weighted by atomic mass is 10.1. The van der Waals surface area contributed by atoms with Crippen molar-refractivity contribution in [2.75, 3.05) is 17.8 Å². The van der Waals surface area contributed by atoms with Crippen LogP contribution in [0.3, 0.4) is 0 Å². The van der Waals surface area contributed by atoms with Gasteiger partial charge in [0.05, 0.1) is 25.1 Å². The van der Waals surface area contributed by atoms with Crippen molar-refractivity contribution in [3.05, 3.63) is 88.5 Å². The summed E-state index contributed by atoms with van der Waals surface area (Å²) in [6.45, 7) is -0.532. The Morgan fingerprint density at radius 1 is 1.03 bits per heavy atom. The second-order valence-corrected chi connectivity index (χ2v) is 8.42. The number of nitrogens with one attached hydrogen (secondary N) is 1. The number of carbonyl (C=O) groups is 2. The number of thioether (sulfide) groups is 1. The number of hydrogen-bond acceptors (Lipinski definition) is 4. The van der Waals surface area contributed by atoms with Gasteiger partial charge in [-0.2, -0.15) is 0 Å². The van der Waals surface area contributed by atoms with Gasteiger partial charge in [-0.3, -0.25) is 9.59 Å². The van der Waals surface area contributed by atoms with Gasteiger partial charge in [-0.15, -0.1) is 11.8 Å². The number of benzene rings is 3. The van der Waals surface area contributed by atoms with E-state index >= 15 is 0 Å². The number of hydrogen-bond donors (Lipinski definition) is 1. The molecular formula is C24H18F4N2O3S. The van der Waals surface area contributed by atoms with Crippen molar-refractivity contribution in [3.8, 4) is 5.75 Å². The number of amides is 2. The molecule has 4 rings (SSSR count). The summed E-state index contributed by atoms with van der Waals surface area (Å²) in [5.41, 5.74) is 0.463. The third kappa shape index (κ3) is 4.72. The minimum absolute atomic E-state index is 0.0586. The second-order valence-electron chi connectivity index (χ2n) is 7.40. The van der Waals surface area contributed by atoms with Crippen LogP contribution in [0.1, 0.15) is 21.5 Å². The normalized spacial score (nSPS) is 13.0. The smallest absolute Gasteiger partial charge is 0.251 e. The maximum atomic E-state index is 14.4. The number of anilines is 1. The molecule has 1 N–H and O–H groups in total. The molecule has 0 fully saturated rings. The molecule has 0 aliphatic carbocycles. The summed E-state index contributed by atoms with van der Waals surface area (Å²) in [6.07, 6.45) is 0. The van der Waals surface area contributed by atoms with Gasteiger partial charge in [0.1, 0.15) is 29.0 Å². The summed E-state index contributed by atoms with van der Waals surface area (Å²) in [5, 5.41) is 2.41. The minimum Gasteiger partial charge on any atom is -0.496 e. The van der Waals surface area contributed by atoms with Crippen molar-refractivity contribution in [2.45, 2.75) is 18.0 Å². The number of ether oxygens (including phenoxy) is 1. The van der Waals surface area contributed by atoms with Crippen LogP contribution in [0.15, 0.2) is 53.4 Å². The van der Waals surface area contributed by atoms with Gasteiger partial charge in [-0.05, 0) is 30.3 Å². The largest absolute Gasteiger partial charge is 0.496 e. The minimum atomic E-state index is -1.10. The molecule has 0 aromatic heterocycles. The molecule has 3 aromatic rings. The predicted octanol–water partition coefficient (Wildman–Crippen LogP) is 4.82. The molecule has 176 valence electrons. The molecule has 3 aromatic carbocycles. The Kier molecular flexibility index (Phi) is 6.78. The fraction of sp³-hybridized carbons (Fsp3) is 0.167. The van der Waals surface area contributed by atoms with Gasteiger partial charge in [-0.1, -0.05) is 6.07 Å². The van der Waals surface area contributed by atoms with Crippen LogP contribution in [-0.4, -0.2) is 24.7 Å². The van der Waals surface area contributed by atoms with Crippen LogP contribution in [0.2, 0.25) is 0 Å². The van der Waals surface area contributed by atoms with Crippen LogP contribution < -0.4 is 15.0 Å². The summed E-state index contributed by atoms with van der Waals surface area (Å²) in [6, 6.07) is 10.0. The summed E-state index contributed by atoms with van der Waals surface area (Å²) >= 11 is 1.22. The Morgan fingerprint density at radius 3 is 2.47 bits per heavy atom. The number of methoxy groups -OCH3 is 1. The second kappa shape index (κ2) is 9.76. The fourth-order valence-corrected chi connectivity index (χ4v) is 4.54. The quantitative estimate of drug-likeness (QED) is 0.504. The molecular weight excluding hydrogens is 472 g/mol. The highest BCUT2D eigenvalue weighted by Gasteiger charge is 2.27. The molecule has 0 atom stereocenters. The van der Waals surface area contributed by atoms with E-state index in [-0.39, 0.29) is 29.3 Å². The van der Waals surface area contributed by atoms with Crippen LogP contribution in [0, 0.1) is 23.3 Å². The lowest BCUT2D eigenvalue weighted by Gasteiger charge is -2.30. The van der Waals surface area contributed by atoms with Crippen molar-refractivity contribution in [1.29, 1.82) is 0 Å². The van der Waals surface area contributed by atoms with Crippen LogP contribution >= 0.6 is 11.8 Å². The van der Waals surface area contributed by atoms with Gasteiger partial charge in [0.15, 0.2) is 0 Å². The van der Waals surface area contributed by atoms with E-state index in [9.17, 15) is 27.2 Å². The molecule has 0 bridgehead atoms. The molecule has 0 saturated heterocycles. The highest BCUT2D eigenvalue weighted by molar-refractivity contribution is 8.00. The summed E-state index contributed by atoms with van der Waals surface area (Å²) in [4.78, 5) is 27.2. The van der Waals surface area contributed by atoms with E-state index in [2.05, 4.69) is 5.32 Å². The topological polar surface area (TPSA) is 58.6 Å². The lowest BCUT2D eigenvalue weighted by molar-refractivity contribution is -0.116. The maximum Gasteiger partial charge on any atom is 0.251 e. The molecule has 2 amide bonds. The van der Waals surface area contributed by atoms with Crippen LogP contribution in [-0.2, 0) is 17.9 Å². The number of nitrogens with zero attached hydrogens (tertiary/aromatic N) is 1. The molecule has 0 radical (unpaired) electrons. The van der Waals surface area contributed by atoms with Gasteiger partial charge >= 0.3 is 0 Å². The average Bonchev–Trinajstić information content (AvgIpc) is 2.80. The first-order valence-corrected chi connectivity index (χ1v) is 11.1. The van der Waals surface area contributed by atoms with Gasteiger partial charge in [0.2, 0.25) is 5.91 Å². The van der Waals surface area contributed by atoms with Crippen molar-refractivity contribution in [3.63, 3.8) is 0 Å². The van der Waals surface area contributed by atoms with E-state index in [0.717, 1.165) is 0 Å². The Morgan fingerprint density at radius 2 is 1.76 bits per heavy atom. The zero-order valence-electron chi connectivity index (χ0n) is 17.8. The van der Waals surface area contributed by atoms with Crippen LogP contribution in [0.4, 0.5) is 23.2 Å². The van der Waals surface area contributed by atoms with Crippen molar-refractivity contribution >= 4 is 29.3 Å². The fourth-order valence-electron chi connectivity index (χ4n) is 3.57. The van der Waals surface area contributed by atoms with E-state index in [4.69, 9.17) is 4.74 Å². The Labute approximate surface area is 196 Å². The highest BCUT2D eigenvalue weighted by atomic mass is 32.2. The van der Waals surface area contributed by atoms with Gasteiger partial charge < -0.3 is 15.0 Å². The predicted molar refractivity (Wildman–Crippen MR) is 119 cm³/mol. The Balaban J connectivity index is 1.55. The third-order valence-electron chi connectivity index (χ3n) is 5.31. The first kappa shape index (κ1) is 23.6. The number of carbonyl (C=O) groups excluding carboxylic acids is 2. The lowest BCUT2D eigenvalue weighted by Crippen LogP contribution is -2.35. The van der Waals surface area contributed by atoms with Gasteiger partial charge in [0.25, 0.3) is 5.91 Å². The molecule has 0 saturated carbocycles. The standard InChI is InChI=1S/C24H18F4N2O3S/c1-33-21-4-2-3-17(26)16(21)11-30-20-6-5-13(7-22(20)34-12-23(30)31)24(32)29-10-15-18(27)8-14(25)9-19(15)28/h2-9H,10-12H2,1H3,(H,29,32). The van der Waals surface area contributed by atoms with E-state index in [1.807, 2.05) is 0 Å². The van der Waals surface area contributed by atoms with Crippen molar-refractivity contribution < 1.29 is 31.9 Å². The van der Waals surface area contributed by atoms with Gasteiger partial charge in [0, 0.05) is 40.3 Å². The SMILES string of the molecule is COc1cccc(F)c1CN1C(=O)CSc2cc(C(=O)NCc3c(F)cc(F)cc3F)ccc21. The summed E-state index contributed by atoms with van der Waals surface area (Å²) in [5.74, 6) is -4.21. The number of fused-ring (bicyclic) bond motifs is 1. The maximum absolute atomic E-state index is 14.4. The molecule has 0 spiro atoms. The van der Waals surface area contributed by atoms with Gasteiger partial charge in [-0.25, -0.2) is 17.6 Å². The van der Waals surface area contributed by atoms with E-state index in [1.54, 1.807) is 18.2 Å². The zero-order chi connectivity index (χ0) is 24.4. The molecule has 10 heteroatoms.